The van der Waals surface area contributed by atoms with Crippen molar-refractivity contribution in [2.75, 3.05) is 25.6 Å². The van der Waals surface area contributed by atoms with Crippen molar-refractivity contribution >= 4 is 40.7 Å². The van der Waals surface area contributed by atoms with Crippen molar-refractivity contribution in [1.29, 1.82) is 0 Å². The fraction of sp³-hybridized carbons (Fsp3) is 0.395. The Morgan fingerprint density at radius 3 is 2.59 bits per heavy atom. The van der Waals surface area contributed by atoms with Gasteiger partial charge < -0.3 is 24.7 Å². The summed E-state index contributed by atoms with van der Waals surface area (Å²) < 4.78 is 14.2. The van der Waals surface area contributed by atoms with Crippen LogP contribution >= 0.6 is 23.2 Å². The van der Waals surface area contributed by atoms with E-state index in [1.807, 2.05) is 18.2 Å². The molecule has 3 heterocycles. The number of ether oxygens (including phenoxy) is 2. The number of anilines is 1. The molecule has 3 saturated carbocycles. The maximum absolute atomic E-state index is 13.2. The summed E-state index contributed by atoms with van der Waals surface area (Å²) in [5, 5.41) is 6.43. The van der Waals surface area contributed by atoms with E-state index in [1.165, 1.54) is 36.0 Å². The molecular weight excluding hydrogens is 693 g/mol. The van der Waals surface area contributed by atoms with Crippen LogP contribution in [0.4, 0.5) is 5.69 Å². The summed E-state index contributed by atoms with van der Waals surface area (Å²) in [5.74, 6) is 1.86. The lowest BCUT2D eigenvalue weighted by atomic mass is 9.66. The molecular formula is C38H37Cl2N5O6. The summed E-state index contributed by atoms with van der Waals surface area (Å²) >= 11 is 14.0. The predicted molar refractivity (Wildman–Crippen MR) is 194 cm³/mol. The molecule has 4 aromatic rings. The molecule has 4 unspecified atom stereocenters. The number of rotatable bonds is 7. The third-order valence-corrected chi connectivity index (χ3v) is 12.4. The van der Waals surface area contributed by atoms with Gasteiger partial charge in [-0.05, 0) is 73.5 Å². The lowest BCUT2D eigenvalue weighted by Crippen LogP contribution is -2.54. The van der Waals surface area contributed by atoms with Crippen molar-refractivity contribution in [2.45, 2.75) is 43.6 Å². The molecule has 1 spiro atoms. The van der Waals surface area contributed by atoms with Gasteiger partial charge in [0.1, 0.15) is 12.2 Å². The number of nitrogens with one attached hydrogen (secondary N) is 2. The summed E-state index contributed by atoms with van der Waals surface area (Å²) in [6, 6.07) is 12.9. The number of hydrogen-bond acceptors (Lipinski definition) is 7. The number of methoxy groups -OCH3 is 1. The molecule has 1 aliphatic heterocycles. The first-order valence-corrected chi connectivity index (χ1v) is 17.9. The second-order valence-corrected chi connectivity index (χ2v) is 15.0. The molecule has 264 valence electrons. The Morgan fingerprint density at radius 1 is 1.10 bits per heavy atom. The number of nitrogens with zero attached hydrogens (tertiary/aromatic N) is 3. The zero-order valence-corrected chi connectivity index (χ0v) is 29.9. The highest BCUT2D eigenvalue weighted by Crippen LogP contribution is 2.64. The van der Waals surface area contributed by atoms with E-state index < -0.39 is 17.2 Å². The Bertz CT molecular complexity index is 2240. The predicted octanol–water partition coefficient (Wildman–Crippen LogP) is 5.34. The number of carbonyl (C=O) groups excluding carboxylic acids is 2. The number of halogens is 2. The highest BCUT2D eigenvalue weighted by molar-refractivity contribution is 6.39. The molecule has 5 atom stereocenters. The second kappa shape index (κ2) is 12.6. The van der Waals surface area contributed by atoms with Gasteiger partial charge in [0, 0.05) is 49.1 Å². The van der Waals surface area contributed by atoms with Gasteiger partial charge in [0.15, 0.2) is 0 Å². The molecule has 0 radical (unpaired) electrons. The zero-order chi connectivity index (χ0) is 35.8. The number of fused-ring (bicyclic) bond motifs is 1. The van der Waals surface area contributed by atoms with Crippen molar-refractivity contribution in [3.8, 4) is 28.3 Å². The second-order valence-electron chi connectivity index (χ2n) is 14.3. The number of amides is 2. The Kier molecular flexibility index (Phi) is 8.35. The summed E-state index contributed by atoms with van der Waals surface area (Å²) in [6.45, 7) is 0.766. The van der Waals surface area contributed by atoms with Gasteiger partial charge in [0.05, 0.1) is 34.1 Å². The minimum Gasteiger partial charge on any atom is -0.481 e. The summed E-state index contributed by atoms with van der Waals surface area (Å²) in [4.78, 5) is 54.7. The molecule has 1 saturated heterocycles. The van der Waals surface area contributed by atoms with Crippen molar-refractivity contribution < 1.29 is 19.1 Å². The van der Waals surface area contributed by atoms with Crippen LogP contribution in [-0.4, -0.2) is 51.8 Å². The summed E-state index contributed by atoms with van der Waals surface area (Å²) in [6.07, 6.45) is 6.37. The monoisotopic (exact) mass is 729 g/mol. The first-order valence-electron chi connectivity index (χ1n) is 17.1. The van der Waals surface area contributed by atoms with Gasteiger partial charge in [-0.1, -0.05) is 53.5 Å². The number of carbonyl (C=O) groups is 2. The quantitative estimate of drug-likeness (QED) is 0.262. The molecule has 4 aliphatic carbocycles. The molecule has 2 aromatic heterocycles. The minimum absolute atomic E-state index is 0.0304. The van der Waals surface area contributed by atoms with Crippen molar-refractivity contribution in [3.63, 3.8) is 0 Å². The van der Waals surface area contributed by atoms with Crippen LogP contribution in [0.2, 0.25) is 10.0 Å². The smallest absolute Gasteiger partial charge is 0.330 e. The van der Waals surface area contributed by atoms with Crippen LogP contribution in [-0.2, 0) is 30.0 Å². The molecule has 9 rings (SSSR count). The highest BCUT2D eigenvalue weighted by Gasteiger charge is 2.63. The maximum atomic E-state index is 13.2. The van der Waals surface area contributed by atoms with E-state index in [4.69, 9.17) is 37.7 Å². The Labute approximate surface area is 303 Å². The fourth-order valence-electron chi connectivity index (χ4n) is 9.01. The van der Waals surface area contributed by atoms with Crippen molar-refractivity contribution in [2.24, 2.45) is 31.8 Å². The number of benzene rings is 2. The Hall–Kier alpha value is -4.45. The van der Waals surface area contributed by atoms with Gasteiger partial charge in [-0.25, -0.2) is 9.78 Å². The average Bonchev–Trinajstić information content (AvgIpc) is 3.80. The first kappa shape index (κ1) is 33.7. The van der Waals surface area contributed by atoms with E-state index in [0.29, 0.717) is 63.5 Å². The number of hydrogen-bond donors (Lipinski definition) is 2. The van der Waals surface area contributed by atoms with Gasteiger partial charge >= 0.3 is 5.69 Å². The lowest BCUT2D eigenvalue weighted by Gasteiger charge is -2.43. The maximum Gasteiger partial charge on any atom is 0.330 e. The van der Waals surface area contributed by atoms with Crippen LogP contribution in [0.3, 0.4) is 0 Å². The fourth-order valence-corrected chi connectivity index (χ4v) is 9.61. The Balaban J connectivity index is 1.06. The molecule has 11 nitrogen and oxygen atoms in total. The molecule has 51 heavy (non-hydrogen) atoms. The van der Waals surface area contributed by atoms with Crippen LogP contribution in [0.15, 0.2) is 58.3 Å². The van der Waals surface area contributed by atoms with E-state index in [1.54, 1.807) is 25.3 Å². The summed E-state index contributed by atoms with van der Waals surface area (Å²) in [5.41, 5.74) is 3.63. The average molecular weight is 731 g/mol. The molecule has 2 N–H and O–H groups in total. The molecule has 13 heteroatoms. The Morgan fingerprint density at radius 2 is 1.84 bits per heavy atom. The normalized spacial score (nSPS) is 24.6. The minimum atomic E-state index is -0.712. The third kappa shape index (κ3) is 5.48. The van der Waals surface area contributed by atoms with E-state index in [9.17, 15) is 19.2 Å². The largest absolute Gasteiger partial charge is 0.481 e. The van der Waals surface area contributed by atoms with Crippen LogP contribution in [0.1, 0.15) is 53.1 Å². The number of aromatic nitrogens is 3. The lowest BCUT2D eigenvalue weighted by molar-refractivity contribution is -0.149. The van der Waals surface area contributed by atoms with Crippen molar-refractivity contribution in [3.05, 3.63) is 96.2 Å². The molecule has 2 aromatic carbocycles. The zero-order valence-electron chi connectivity index (χ0n) is 28.4. The molecule has 5 aliphatic rings. The SMILES string of the molecule is COc1nc(-c2cccc(-c3cccc(NC(=O)c4cn(C)c(=O)n(C)c4=O)c3Cl)c2Cl)cc2c1[C@@H](CC1C3CC1C1(CNC(=O)CO1)C3)CC2. The number of aryl methyl sites for hydroxylation is 2. The molecule has 4 fully saturated rings. The van der Waals surface area contributed by atoms with Gasteiger partial charge in [0.25, 0.3) is 11.5 Å². The molecule has 2 amide bonds. The van der Waals surface area contributed by atoms with Crippen LogP contribution in [0.25, 0.3) is 22.4 Å². The highest BCUT2D eigenvalue weighted by atomic mass is 35.5. The van der Waals surface area contributed by atoms with Gasteiger partial charge in [-0.15, -0.1) is 0 Å². The van der Waals surface area contributed by atoms with E-state index in [-0.39, 0.29) is 34.4 Å². The van der Waals surface area contributed by atoms with E-state index in [0.717, 1.165) is 36.7 Å². The van der Waals surface area contributed by atoms with Crippen LogP contribution < -0.4 is 26.6 Å². The van der Waals surface area contributed by atoms with E-state index >= 15 is 0 Å². The third-order valence-electron chi connectivity index (χ3n) is 11.6. The summed E-state index contributed by atoms with van der Waals surface area (Å²) in [7, 11) is 4.44. The molecule has 2 bridgehead atoms. The topological polar surface area (TPSA) is 134 Å². The van der Waals surface area contributed by atoms with Gasteiger partial charge in [0.2, 0.25) is 11.8 Å². The van der Waals surface area contributed by atoms with Crippen LogP contribution in [0, 0.1) is 17.8 Å². The number of pyridine rings is 1. The van der Waals surface area contributed by atoms with Gasteiger partial charge in [-0.3, -0.25) is 19.0 Å². The first-order chi connectivity index (χ1) is 24.5. The van der Waals surface area contributed by atoms with E-state index in [2.05, 4.69) is 16.7 Å². The van der Waals surface area contributed by atoms with Crippen molar-refractivity contribution in [1.82, 2.24) is 19.4 Å². The number of morpholine rings is 1. The standard InChI is InChI=1S/C38H37Cl2N5O6/c1-44-16-26(36(48)45(2)37(44)49)34(47)42-28-9-5-7-23(33(28)40)22-6-4-8-24(32(22)39)29-14-20-11-10-19(31(20)35(43-29)50-3)12-25-21-13-27(25)38(15-21)18-41-30(46)17-51-38/h4-9,14,16,19,21,25,27H,10-13,15,17-18H2,1-3H3,(H,41,46)(H,42,47)/t19-,21?,25?,27?,38?/m1/s1. The van der Waals surface area contributed by atoms with Gasteiger partial charge in [-0.2, -0.15) is 0 Å². The van der Waals surface area contributed by atoms with Crippen LogP contribution in [0.5, 0.6) is 5.88 Å².